The van der Waals surface area contributed by atoms with E-state index in [1.54, 1.807) is 0 Å². The molecule has 0 radical (unpaired) electrons. The summed E-state index contributed by atoms with van der Waals surface area (Å²) in [5.74, 6) is 0. The smallest absolute Gasteiger partial charge is 0.0419 e. The van der Waals surface area contributed by atoms with Crippen LogP contribution in [0.25, 0.3) is 0 Å². The van der Waals surface area contributed by atoms with Crippen LogP contribution in [-0.4, -0.2) is 37.1 Å². The molecule has 1 aromatic carbocycles. The van der Waals surface area contributed by atoms with Gasteiger partial charge in [-0.05, 0) is 44.0 Å². The second-order valence-electron chi connectivity index (χ2n) is 5.69. The number of anilines is 1. The molecule has 0 saturated carbocycles. The number of fused-ring (bicyclic) bond motifs is 2. The van der Waals surface area contributed by atoms with Gasteiger partial charge in [0.2, 0.25) is 0 Å². The lowest BCUT2D eigenvalue weighted by atomic mass is 10.1. The molecule has 0 amide bonds. The Bertz CT molecular complexity index is 463. The van der Waals surface area contributed by atoms with Crippen LogP contribution in [0.15, 0.2) is 22.7 Å². The van der Waals surface area contributed by atoms with E-state index < -0.39 is 0 Å². The molecule has 2 saturated heterocycles. The van der Waals surface area contributed by atoms with Crippen molar-refractivity contribution in [1.82, 2.24) is 4.90 Å². The summed E-state index contributed by atoms with van der Waals surface area (Å²) in [5.41, 5.74) is 2.79. The van der Waals surface area contributed by atoms with Gasteiger partial charge in [0.25, 0.3) is 0 Å². The molecule has 0 aromatic heterocycles. The SMILES string of the molecule is CN1C2CCC1CN(c1cc(Br)ccc1CBr)CC2. The van der Waals surface area contributed by atoms with Gasteiger partial charge in [0, 0.05) is 40.7 Å². The fourth-order valence-electron chi connectivity index (χ4n) is 3.47. The first kappa shape index (κ1) is 13.9. The molecule has 104 valence electrons. The first-order chi connectivity index (χ1) is 9.19. The normalized spacial score (nSPS) is 27.6. The summed E-state index contributed by atoms with van der Waals surface area (Å²) < 4.78 is 1.18. The molecule has 0 spiro atoms. The van der Waals surface area contributed by atoms with Crippen molar-refractivity contribution in [3.63, 3.8) is 0 Å². The summed E-state index contributed by atoms with van der Waals surface area (Å²) in [5, 5.41) is 0.927. The maximum absolute atomic E-state index is 3.62. The molecule has 2 unspecified atom stereocenters. The Balaban J connectivity index is 1.88. The summed E-state index contributed by atoms with van der Waals surface area (Å²) in [4.78, 5) is 5.19. The maximum Gasteiger partial charge on any atom is 0.0419 e. The molecule has 2 atom stereocenters. The van der Waals surface area contributed by atoms with Crippen molar-refractivity contribution in [2.75, 3.05) is 25.0 Å². The number of hydrogen-bond donors (Lipinski definition) is 0. The monoisotopic (exact) mass is 386 g/mol. The van der Waals surface area contributed by atoms with Gasteiger partial charge in [0.15, 0.2) is 0 Å². The van der Waals surface area contributed by atoms with Crippen LogP contribution in [-0.2, 0) is 5.33 Å². The third-order valence-corrected chi connectivity index (χ3v) is 5.78. The highest BCUT2D eigenvalue weighted by Gasteiger charge is 2.34. The Kier molecular flexibility index (Phi) is 4.20. The van der Waals surface area contributed by atoms with E-state index in [0.717, 1.165) is 17.4 Å². The zero-order chi connectivity index (χ0) is 13.4. The third-order valence-electron chi connectivity index (χ3n) is 4.68. The van der Waals surface area contributed by atoms with E-state index in [4.69, 9.17) is 0 Å². The van der Waals surface area contributed by atoms with E-state index >= 15 is 0 Å². The van der Waals surface area contributed by atoms with Crippen molar-refractivity contribution in [2.24, 2.45) is 0 Å². The van der Waals surface area contributed by atoms with Gasteiger partial charge in [-0.1, -0.05) is 37.9 Å². The largest absolute Gasteiger partial charge is 0.370 e. The number of alkyl halides is 1. The summed E-state index contributed by atoms with van der Waals surface area (Å²) in [6.07, 6.45) is 4.04. The summed E-state index contributed by atoms with van der Waals surface area (Å²) in [7, 11) is 2.30. The Labute approximate surface area is 132 Å². The van der Waals surface area contributed by atoms with E-state index in [1.165, 1.54) is 48.1 Å². The molecule has 2 nitrogen and oxygen atoms in total. The lowest BCUT2D eigenvalue weighted by molar-refractivity contribution is 0.254. The minimum atomic E-state index is 0.731. The average molecular weight is 388 g/mol. The van der Waals surface area contributed by atoms with E-state index in [0.29, 0.717) is 0 Å². The van der Waals surface area contributed by atoms with E-state index in [2.05, 4.69) is 66.9 Å². The van der Waals surface area contributed by atoms with Gasteiger partial charge in [0.1, 0.15) is 0 Å². The molecule has 2 heterocycles. The van der Waals surface area contributed by atoms with E-state index in [1.807, 2.05) is 0 Å². The van der Waals surface area contributed by atoms with Gasteiger partial charge < -0.3 is 4.90 Å². The van der Waals surface area contributed by atoms with E-state index in [-0.39, 0.29) is 0 Å². The molecule has 4 heteroatoms. The Morgan fingerprint density at radius 2 is 2.00 bits per heavy atom. The van der Waals surface area contributed by atoms with Crippen LogP contribution in [0.5, 0.6) is 0 Å². The van der Waals surface area contributed by atoms with E-state index in [9.17, 15) is 0 Å². The molecule has 0 N–H and O–H groups in total. The van der Waals surface area contributed by atoms with Gasteiger partial charge in [-0.2, -0.15) is 0 Å². The first-order valence-electron chi connectivity index (χ1n) is 7.00. The average Bonchev–Trinajstić information content (AvgIpc) is 2.63. The predicted octanol–water partition coefficient (Wildman–Crippen LogP) is 4.02. The highest BCUT2D eigenvalue weighted by molar-refractivity contribution is 9.10. The standard InChI is InChI=1S/C15H20Br2N2/c1-18-13-4-5-14(18)10-19(7-6-13)15-8-12(17)3-2-11(15)9-16/h2-3,8,13-14H,4-7,9-10H2,1H3. The lowest BCUT2D eigenvalue weighted by Crippen LogP contribution is -2.36. The number of nitrogens with zero attached hydrogens (tertiary/aromatic N) is 2. The van der Waals surface area contributed by atoms with Crippen molar-refractivity contribution in [1.29, 1.82) is 0 Å². The van der Waals surface area contributed by atoms with Gasteiger partial charge in [-0.3, -0.25) is 4.90 Å². The van der Waals surface area contributed by atoms with Crippen molar-refractivity contribution in [2.45, 2.75) is 36.7 Å². The van der Waals surface area contributed by atoms with Crippen molar-refractivity contribution in [3.8, 4) is 0 Å². The van der Waals surface area contributed by atoms with Crippen LogP contribution in [0.3, 0.4) is 0 Å². The fourth-order valence-corrected chi connectivity index (χ4v) is 4.30. The minimum Gasteiger partial charge on any atom is -0.370 e. The topological polar surface area (TPSA) is 6.48 Å². The molecule has 1 aromatic rings. The zero-order valence-electron chi connectivity index (χ0n) is 11.3. The maximum atomic E-state index is 3.62. The van der Waals surface area contributed by atoms with Crippen LogP contribution >= 0.6 is 31.9 Å². The molecule has 2 bridgehead atoms. The Morgan fingerprint density at radius 1 is 1.21 bits per heavy atom. The number of likely N-dealkylation sites (N-methyl/N-ethyl adjacent to an activating group) is 1. The van der Waals surface area contributed by atoms with Crippen molar-refractivity contribution >= 4 is 37.5 Å². The van der Waals surface area contributed by atoms with Gasteiger partial charge in [0.05, 0.1) is 0 Å². The number of hydrogen-bond acceptors (Lipinski definition) is 2. The first-order valence-corrected chi connectivity index (χ1v) is 8.91. The zero-order valence-corrected chi connectivity index (χ0v) is 14.5. The third kappa shape index (κ3) is 2.72. The molecule has 2 aliphatic rings. The summed E-state index contributed by atoms with van der Waals surface area (Å²) in [6, 6.07) is 8.16. The highest BCUT2D eigenvalue weighted by atomic mass is 79.9. The van der Waals surface area contributed by atoms with Crippen LogP contribution < -0.4 is 4.90 Å². The second kappa shape index (κ2) is 5.74. The lowest BCUT2D eigenvalue weighted by Gasteiger charge is -2.29. The van der Waals surface area contributed by atoms with Crippen molar-refractivity contribution < 1.29 is 0 Å². The number of benzene rings is 1. The quantitative estimate of drug-likeness (QED) is 0.707. The number of rotatable bonds is 2. The molecule has 2 fully saturated rings. The van der Waals surface area contributed by atoms with Crippen LogP contribution in [0, 0.1) is 0 Å². The van der Waals surface area contributed by atoms with Gasteiger partial charge >= 0.3 is 0 Å². The second-order valence-corrected chi connectivity index (χ2v) is 7.17. The Morgan fingerprint density at radius 3 is 2.79 bits per heavy atom. The molecular formula is C15H20Br2N2. The summed E-state index contributed by atoms with van der Waals surface area (Å²) in [6.45, 7) is 2.35. The molecule has 19 heavy (non-hydrogen) atoms. The van der Waals surface area contributed by atoms with Crippen LogP contribution in [0.4, 0.5) is 5.69 Å². The molecule has 2 aliphatic heterocycles. The molecule has 0 aliphatic carbocycles. The number of halogens is 2. The van der Waals surface area contributed by atoms with Gasteiger partial charge in [-0.15, -0.1) is 0 Å². The molecular weight excluding hydrogens is 368 g/mol. The molecule has 3 rings (SSSR count). The van der Waals surface area contributed by atoms with Crippen LogP contribution in [0.1, 0.15) is 24.8 Å². The van der Waals surface area contributed by atoms with Crippen molar-refractivity contribution in [3.05, 3.63) is 28.2 Å². The Hall–Kier alpha value is -0.0600. The van der Waals surface area contributed by atoms with Gasteiger partial charge in [-0.25, -0.2) is 0 Å². The predicted molar refractivity (Wildman–Crippen MR) is 88.2 cm³/mol. The fraction of sp³-hybridized carbons (Fsp3) is 0.600. The summed E-state index contributed by atoms with van der Waals surface area (Å²) >= 11 is 7.23. The minimum absolute atomic E-state index is 0.731. The highest BCUT2D eigenvalue weighted by Crippen LogP contribution is 2.33. The van der Waals surface area contributed by atoms with Crippen LogP contribution in [0.2, 0.25) is 0 Å².